The van der Waals surface area contributed by atoms with Crippen molar-refractivity contribution < 1.29 is 14.7 Å². The molecule has 17 heavy (non-hydrogen) atoms. The van der Waals surface area contributed by atoms with E-state index < -0.39 is 17.7 Å². The van der Waals surface area contributed by atoms with Gasteiger partial charge < -0.3 is 21.1 Å². The molecule has 1 aliphatic heterocycles. The summed E-state index contributed by atoms with van der Waals surface area (Å²) in [7, 11) is 0. The Morgan fingerprint density at radius 3 is 2.59 bits per heavy atom. The Morgan fingerprint density at radius 2 is 1.94 bits per heavy atom. The minimum Gasteiger partial charge on any atom is -0.494 e. The molecule has 0 atom stereocenters. The van der Waals surface area contributed by atoms with Crippen LogP contribution in [0.5, 0.6) is 0 Å². The highest BCUT2D eigenvalue weighted by molar-refractivity contribution is 6.23. The predicted molar refractivity (Wildman–Crippen MR) is 60.9 cm³/mol. The van der Waals surface area contributed by atoms with Gasteiger partial charge in [0, 0.05) is 5.69 Å². The largest absolute Gasteiger partial charge is 0.494 e. The van der Waals surface area contributed by atoms with Gasteiger partial charge in [-0.15, -0.1) is 0 Å². The topological polar surface area (TPSA) is 90.5 Å². The van der Waals surface area contributed by atoms with Gasteiger partial charge in [0.05, 0.1) is 6.67 Å². The van der Waals surface area contributed by atoms with E-state index in [-0.39, 0.29) is 12.2 Å². The molecular formula is C11H11N3O3. The predicted octanol–water partition coefficient (Wildman–Crippen LogP) is 0.0716. The molecule has 2 rings (SSSR count). The van der Waals surface area contributed by atoms with Crippen LogP contribution in [-0.4, -0.2) is 23.6 Å². The van der Waals surface area contributed by atoms with Gasteiger partial charge in [-0.3, -0.25) is 9.59 Å². The molecule has 1 heterocycles. The molecule has 6 heteroatoms. The van der Waals surface area contributed by atoms with Crippen molar-refractivity contribution in [2.45, 2.75) is 0 Å². The molecule has 4 N–H and O–H groups in total. The molecule has 0 aliphatic carbocycles. The number of aliphatic hydroxyl groups is 1. The number of aliphatic hydroxyl groups excluding tert-OH is 1. The summed E-state index contributed by atoms with van der Waals surface area (Å²) in [5, 5.41) is 16.8. The maximum absolute atomic E-state index is 11.8. The maximum Gasteiger partial charge on any atom is 0.266 e. The zero-order chi connectivity index (χ0) is 12.3. The van der Waals surface area contributed by atoms with Crippen LogP contribution in [0.2, 0.25) is 0 Å². The highest BCUT2D eigenvalue weighted by Gasteiger charge is 2.26. The molecule has 1 aromatic rings. The Bertz CT molecular complexity index is 482. The third kappa shape index (κ3) is 2.36. The third-order valence-electron chi connectivity index (χ3n) is 2.23. The average molecular weight is 233 g/mol. The molecule has 0 bridgehead atoms. The number of carbonyl (C=O) groups is 2. The SMILES string of the molecule is O=C1NCNC(O)=C1C(=O)Nc1ccccc1. The first-order valence-electron chi connectivity index (χ1n) is 5.00. The minimum absolute atomic E-state index is 0.104. The van der Waals surface area contributed by atoms with E-state index in [0.29, 0.717) is 5.69 Å². The van der Waals surface area contributed by atoms with E-state index in [9.17, 15) is 14.7 Å². The summed E-state index contributed by atoms with van der Waals surface area (Å²) in [5.41, 5.74) is 0.233. The van der Waals surface area contributed by atoms with Gasteiger partial charge in [0.1, 0.15) is 0 Å². The lowest BCUT2D eigenvalue weighted by atomic mass is 10.2. The molecule has 0 saturated heterocycles. The zero-order valence-electron chi connectivity index (χ0n) is 8.86. The van der Waals surface area contributed by atoms with Crippen molar-refractivity contribution in [1.29, 1.82) is 0 Å². The van der Waals surface area contributed by atoms with Crippen LogP contribution >= 0.6 is 0 Å². The van der Waals surface area contributed by atoms with Crippen molar-refractivity contribution in [2.24, 2.45) is 0 Å². The van der Waals surface area contributed by atoms with Gasteiger partial charge in [-0.05, 0) is 12.1 Å². The summed E-state index contributed by atoms with van der Waals surface area (Å²) in [6.07, 6.45) is 0. The van der Waals surface area contributed by atoms with E-state index in [1.807, 2.05) is 0 Å². The van der Waals surface area contributed by atoms with Crippen molar-refractivity contribution in [3.05, 3.63) is 41.8 Å². The second-order valence-electron chi connectivity index (χ2n) is 3.40. The van der Waals surface area contributed by atoms with Gasteiger partial charge in [-0.2, -0.15) is 0 Å². The van der Waals surface area contributed by atoms with E-state index in [4.69, 9.17) is 0 Å². The minimum atomic E-state index is -0.654. The number of carbonyl (C=O) groups excluding carboxylic acids is 2. The lowest BCUT2D eigenvalue weighted by Crippen LogP contribution is -2.44. The first kappa shape index (κ1) is 11.0. The monoisotopic (exact) mass is 233 g/mol. The Balaban J connectivity index is 2.18. The number of benzene rings is 1. The van der Waals surface area contributed by atoms with Crippen LogP contribution in [0.1, 0.15) is 0 Å². The second-order valence-corrected chi connectivity index (χ2v) is 3.40. The average Bonchev–Trinajstić information content (AvgIpc) is 2.30. The van der Waals surface area contributed by atoms with Crippen molar-refractivity contribution >= 4 is 17.5 Å². The molecular weight excluding hydrogens is 222 g/mol. The van der Waals surface area contributed by atoms with Crippen LogP contribution < -0.4 is 16.0 Å². The Morgan fingerprint density at radius 1 is 1.24 bits per heavy atom. The van der Waals surface area contributed by atoms with Crippen molar-refractivity contribution in [2.75, 3.05) is 12.0 Å². The zero-order valence-corrected chi connectivity index (χ0v) is 8.86. The molecule has 1 aliphatic rings. The standard InChI is InChI=1S/C11H11N3O3/c15-9-8(10(16)13-6-12-9)11(17)14-7-4-2-1-3-5-7/h1-5,12,15H,6H2,(H,13,16)(H,14,17). The summed E-state index contributed by atoms with van der Waals surface area (Å²) < 4.78 is 0. The Hall–Kier alpha value is -2.50. The first-order valence-corrected chi connectivity index (χ1v) is 5.00. The molecule has 6 nitrogen and oxygen atoms in total. The normalized spacial score (nSPS) is 14.9. The molecule has 1 aromatic carbocycles. The van der Waals surface area contributed by atoms with Crippen LogP contribution in [0.25, 0.3) is 0 Å². The highest BCUT2D eigenvalue weighted by Crippen LogP contribution is 2.10. The van der Waals surface area contributed by atoms with E-state index in [1.165, 1.54) is 0 Å². The van der Waals surface area contributed by atoms with Gasteiger partial charge >= 0.3 is 0 Å². The quantitative estimate of drug-likeness (QED) is 0.544. The summed E-state index contributed by atoms with van der Waals surface area (Å²) in [4.78, 5) is 23.2. The van der Waals surface area contributed by atoms with Gasteiger partial charge in [0.15, 0.2) is 5.57 Å². The summed E-state index contributed by atoms with van der Waals surface area (Å²) in [6.45, 7) is 0.104. The number of nitrogens with one attached hydrogen (secondary N) is 3. The summed E-state index contributed by atoms with van der Waals surface area (Å²) in [5.74, 6) is -1.67. The molecule has 2 amide bonds. The van der Waals surface area contributed by atoms with Crippen molar-refractivity contribution in [1.82, 2.24) is 10.6 Å². The maximum atomic E-state index is 11.8. The fourth-order valence-corrected chi connectivity index (χ4v) is 1.42. The van der Waals surface area contributed by atoms with Gasteiger partial charge in [-0.1, -0.05) is 18.2 Å². The third-order valence-corrected chi connectivity index (χ3v) is 2.23. The Kier molecular flexibility index (Phi) is 2.95. The number of hydrogen-bond acceptors (Lipinski definition) is 4. The van der Waals surface area contributed by atoms with E-state index in [0.717, 1.165) is 0 Å². The molecule has 0 unspecified atom stereocenters. The molecule has 0 fully saturated rings. The number of anilines is 1. The smallest absolute Gasteiger partial charge is 0.266 e. The second kappa shape index (κ2) is 4.56. The Labute approximate surface area is 97.3 Å². The molecule has 88 valence electrons. The van der Waals surface area contributed by atoms with E-state index >= 15 is 0 Å². The number of para-hydroxylation sites is 1. The van der Waals surface area contributed by atoms with Crippen molar-refractivity contribution in [3.8, 4) is 0 Å². The molecule has 0 spiro atoms. The van der Waals surface area contributed by atoms with Crippen LogP contribution in [0, 0.1) is 0 Å². The molecule has 0 radical (unpaired) electrons. The molecule has 0 saturated carbocycles. The first-order chi connectivity index (χ1) is 8.18. The van der Waals surface area contributed by atoms with Crippen LogP contribution in [-0.2, 0) is 9.59 Å². The number of rotatable bonds is 2. The summed E-state index contributed by atoms with van der Waals surface area (Å²) >= 11 is 0. The fourth-order valence-electron chi connectivity index (χ4n) is 1.42. The molecule has 0 aromatic heterocycles. The lowest BCUT2D eigenvalue weighted by Gasteiger charge is -2.17. The summed E-state index contributed by atoms with van der Waals surface area (Å²) in [6, 6.07) is 8.68. The number of amides is 2. The highest BCUT2D eigenvalue weighted by atomic mass is 16.3. The van der Waals surface area contributed by atoms with Crippen LogP contribution in [0.4, 0.5) is 5.69 Å². The fraction of sp³-hybridized carbons (Fsp3) is 0.0909. The van der Waals surface area contributed by atoms with Gasteiger partial charge in [0.2, 0.25) is 5.88 Å². The van der Waals surface area contributed by atoms with E-state index in [1.54, 1.807) is 30.3 Å². The number of hydrogen-bond donors (Lipinski definition) is 4. The van der Waals surface area contributed by atoms with Crippen LogP contribution in [0.15, 0.2) is 41.8 Å². The van der Waals surface area contributed by atoms with Gasteiger partial charge in [-0.25, -0.2) is 0 Å². The van der Waals surface area contributed by atoms with Gasteiger partial charge in [0.25, 0.3) is 11.8 Å². The van der Waals surface area contributed by atoms with E-state index in [2.05, 4.69) is 16.0 Å². The lowest BCUT2D eigenvalue weighted by molar-refractivity contribution is -0.122. The van der Waals surface area contributed by atoms with Crippen molar-refractivity contribution in [3.63, 3.8) is 0 Å². The van der Waals surface area contributed by atoms with Crippen LogP contribution in [0.3, 0.4) is 0 Å².